The first-order chi connectivity index (χ1) is 15.9. The molecule has 0 amide bonds. The van der Waals surface area contributed by atoms with Crippen LogP contribution in [0.2, 0.25) is 0 Å². The van der Waals surface area contributed by atoms with Gasteiger partial charge < -0.3 is 14.9 Å². The number of aliphatic hydroxyl groups is 1. The minimum Gasteiger partial charge on any atom is -0.396 e. The molecule has 0 aliphatic carbocycles. The standard InChI is InChI=1S/C23H30N6O3S/c1-3-27(11-4-16-30)23-22-21(24-9-10-25-22)17-20(26-23)18-5-7-19(8-6-18)28-12-14-29(15-13-28)33(2,31)32/h5-10,17,30H,3-4,11-16H2,1-2H3. The summed E-state index contributed by atoms with van der Waals surface area (Å²) in [7, 11) is -3.14. The smallest absolute Gasteiger partial charge is 0.211 e. The van der Waals surface area contributed by atoms with E-state index in [0.717, 1.165) is 40.3 Å². The molecule has 9 nitrogen and oxygen atoms in total. The van der Waals surface area contributed by atoms with Crippen LogP contribution in [0.3, 0.4) is 0 Å². The number of pyridine rings is 1. The van der Waals surface area contributed by atoms with Crippen molar-refractivity contribution in [2.75, 3.05) is 61.9 Å². The third kappa shape index (κ3) is 5.23. The summed E-state index contributed by atoms with van der Waals surface area (Å²) in [6, 6.07) is 10.1. The zero-order chi connectivity index (χ0) is 23.4. The second-order valence-corrected chi connectivity index (χ2v) is 10.1. The maximum atomic E-state index is 11.8. The molecule has 1 aliphatic rings. The predicted molar refractivity (Wildman–Crippen MR) is 131 cm³/mol. The van der Waals surface area contributed by atoms with Gasteiger partial charge in [0.25, 0.3) is 0 Å². The molecule has 2 aromatic heterocycles. The van der Waals surface area contributed by atoms with Crippen molar-refractivity contribution in [1.82, 2.24) is 19.3 Å². The van der Waals surface area contributed by atoms with E-state index >= 15 is 0 Å². The minimum atomic E-state index is -3.14. The van der Waals surface area contributed by atoms with Crippen molar-refractivity contribution in [2.24, 2.45) is 0 Å². The highest BCUT2D eigenvalue weighted by atomic mass is 32.2. The number of aliphatic hydroxyl groups excluding tert-OH is 1. The quantitative estimate of drug-likeness (QED) is 0.533. The highest BCUT2D eigenvalue weighted by Crippen LogP contribution is 2.29. The summed E-state index contributed by atoms with van der Waals surface area (Å²) in [5.74, 6) is 0.771. The third-order valence-corrected chi connectivity index (χ3v) is 7.24. The van der Waals surface area contributed by atoms with E-state index in [-0.39, 0.29) is 6.61 Å². The van der Waals surface area contributed by atoms with E-state index < -0.39 is 10.0 Å². The number of hydrogen-bond acceptors (Lipinski definition) is 8. The molecule has 1 saturated heterocycles. The van der Waals surface area contributed by atoms with Crippen molar-refractivity contribution in [3.05, 3.63) is 42.7 Å². The normalized spacial score (nSPS) is 15.2. The second kappa shape index (κ2) is 9.98. The number of hydrogen-bond donors (Lipinski definition) is 1. The van der Waals surface area contributed by atoms with E-state index in [0.29, 0.717) is 39.1 Å². The van der Waals surface area contributed by atoms with Gasteiger partial charge >= 0.3 is 0 Å². The molecule has 176 valence electrons. The van der Waals surface area contributed by atoms with Crippen molar-refractivity contribution in [1.29, 1.82) is 0 Å². The fourth-order valence-electron chi connectivity index (χ4n) is 4.12. The van der Waals surface area contributed by atoms with Crippen molar-refractivity contribution in [3.63, 3.8) is 0 Å². The molecule has 0 atom stereocenters. The lowest BCUT2D eigenvalue weighted by atomic mass is 10.1. The molecule has 0 bridgehead atoms. The van der Waals surface area contributed by atoms with Gasteiger partial charge in [0.05, 0.1) is 17.5 Å². The Kier molecular flexibility index (Phi) is 7.06. The average molecular weight is 471 g/mol. The summed E-state index contributed by atoms with van der Waals surface area (Å²) in [4.78, 5) is 18.3. The largest absolute Gasteiger partial charge is 0.396 e. The van der Waals surface area contributed by atoms with Crippen LogP contribution in [-0.4, -0.2) is 84.9 Å². The molecule has 3 aromatic rings. The van der Waals surface area contributed by atoms with Crippen LogP contribution in [0.5, 0.6) is 0 Å². The lowest BCUT2D eigenvalue weighted by Gasteiger charge is -2.34. The first kappa shape index (κ1) is 23.3. The van der Waals surface area contributed by atoms with Crippen LogP contribution in [0.25, 0.3) is 22.3 Å². The van der Waals surface area contributed by atoms with Crippen molar-refractivity contribution < 1.29 is 13.5 Å². The number of aromatic nitrogens is 3. The Labute approximate surface area is 194 Å². The number of piperazine rings is 1. The summed E-state index contributed by atoms with van der Waals surface area (Å²) >= 11 is 0. The third-order valence-electron chi connectivity index (χ3n) is 5.94. The zero-order valence-electron chi connectivity index (χ0n) is 19.1. The predicted octanol–water partition coefficient (Wildman–Crippen LogP) is 1.98. The monoisotopic (exact) mass is 470 g/mol. The van der Waals surface area contributed by atoms with Gasteiger partial charge in [-0.1, -0.05) is 12.1 Å². The molecule has 0 radical (unpaired) electrons. The number of benzene rings is 1. The SMILES string of the molecule is CCN(CCCO)c1nc(-c2ccc(N3CCN(S(C)(=O)=O)CC3)cc2)cc2nccnc12. The van der Waals surface area contributed by atoms with Gasteiger partial charge in [-0.15, -0.1) is 0 Å². The van der Waals surface area contributed by atoms with Crippen LogP contribution in [0.4, 0.5) is 11.5 Å². The van der Waals surface area contributed by atoms with Crippen LogP contribution < -0.4 is 9.80 Å². The molecular weight excluding hydrogens is 440 g/mol. The molecule has 0 spiro atoms. The van der Waals surface area contributed by atoms with Crippen molar-refractivity contribution in [3.8, 4) is 11.3 Å². The van der Waals surface area contributed by atoms with Crippen LogP contribution in [0, 0.1) is 0 Å². The lowest BCUT2D eigenvalue weighted by Crippen LogP contribution is -2.48. The van der Waals surface area contributed by atoms with Gasteiger partial charge in [-0.25, -0.2) is 18.4 Å². The van der Waals surface area contributed by atoms with E-state index in [1.165, 1.54) is 10.6 Å². The first-order valence-electron chi connectivity index (χ1n) is 11.2. The Hall–Kier alpha value is -2.82. The summed E-state index contributed by atoms with van der Waals surface area (Å²) in [5.41, 5.74) is 4.38. The van der Waals surface area contributed by atoms with Crippen LogP contribution >= 0.6 is 0 Å². The van der Waals surface area contributed by atoms with E-state index in [4.69, 9.17) is 4.98 Å². The Balaban J connectivity index is 1.60. The van der Waals surface area contributed by atoms with Gasteiger partial charge in [0, 0.05) is 69.5 Å². The van der Waals surface area contributed by atoms with E-state index in [2.05, 4.69) is 38.8 Å². The van der Waals surface area contributed by atoms with Crippen LogP contribution in [-0.2, 0) is 10.0 Å². The summed E-state index contributed by atoms with van der Waals surface area (Å²) < 4.78 is 25.0. The van der Waals surface area contributed by atoms with Crippen molar-refractivity contribution >= 4 is 32.6 Å². The average Bonchev–Trinajstić information content (AvgIpc) is 2.84. The summed E-state index contributed by atoms with van der Waals surface area (Å²) in [6.07, 6.45) is 5.27. The van der Waals surface area contributed by atoms with Gasteiger partial charge in [-0.05, 0) is 31.5 Å². The number of rotatable bonds is 8. The minimum absolute atomic E-state index is 0.125. The van der Waals surface area contributed by atoms with Gasteiger partial charge in [0.15, 0.2) is 5.82 Å². The molecular formula is C23H30N6O3S. The Morgan fingerprint density at radius 2 is 1.76 bits per heavy atom. The Morgan fingerprint density at radius 3 is 2.39 bits per heavy atom. The highest BCUT2D eigenvalue weighted by molar-refractivity contribution is 7.88. The second-order valence-electron chi connectivity index (χ2n) is 8.11. The molecule has 1 aliphatic heterocycles. The van der Waals surface area contributed by atoms with Gasteiger partial charge in [0.1, 0.15) is 5.52 Å². The molecule has 1 N–H and O–H groups in total. The Morgan fingerprint density at radius 1 is 1.06 bits per heavy atom. The molecule has 4 rings (SSSR count). The molecule has 1 fully saturated rings. The van der Waals surface area contributed by atoms with Crippen molar-refractivity contribution in [2.45, 2.75) is 13.3 Å². The molecule has 33 heavy (non-hydrogen) atoms. The molecule has 1 aromatic carbocycles. The molecule has 3 heterocycles. The number of anilines is 2. The number of nitrogens with zero attached hydrogens (tertiary/aromatic N) is 6. The van der Waals surface area contributed by atoms with Gasteiger partial charge in [-0.3, -0.25) is 4.98 Å². The number of fused-ring (bicyclic) bond motifs is 1. The molecule has 0 saturated carbocycles. The lowest BCUT2D eigenvalue weighted by molar-refractivity contribution is 0.289. The fraction of sp³-hybridized carbons (Fsp3) is 0.435. The maximum absolute atomic E-state index is 11.8. The van der Waals surface area contributed by atoms with Crippen LogP contribution in [0.15, 0.2) is 42.7 Å². The van der Waals surface area contributed by atoms with E-state index in [1.54, 1.807) is 12.4 Å². The van der Waals surface area contributed by atoms with E-state index in [9.17, 15) is 13.5 Å². The zero-order valence-corrected chi connectivity index (χ0v) is 19.9. The number of sulfonamides is 1. The fourth-order valence-corrected chi connectivity index (χ4v) is 4.95. The summed E-state index contributed by atoms with van der Waals surface area (Å²) in [5, 5.41) is 9.28. The summed E-state index contributed by atoms with van der Waals surface area (Å²) in [6.45, 7) is 5.94. The molecule has 10 heteroatoms. The molecule has 0 unspecified atom stereocenters. The van der Waals surface area contributed by atoms with E-state index in [1.807, 2.05) is 18.2 Å². The Bertz CT molecular complexity index is 1190. The van der Waals surface area contributed by atoms with Gasteiger partial charge in [-0.2, -0.15) is 4.31 Å². The highest BCUT2D eigenvalue weighted by Gasteiger charge is 2.23. The van der Waals surface area contributed by atoms with Crippen LogP contribution in [0.1, 0.15) is 13.3 Å². The first-order valence-corrected chi connectivity index (χ1v) is 13.0. The topological polar surface area (TPSA) is 103 Å². The maximum Gasteiger partial charge on any atom is 0.211 e. The van der Waals surface area contributed by atoms with Gasteiger partial charge in [0.2, 0.25) is 10.0 Å².